The lowest BCUT2D eigenvalue weighted by Crippen LogP contribution is -2.41. The maximum Gasteiger partial charge on any atom is 0.309 e. The molecule has 0 heterocycles. The highest BCUT2D eigenvalue weighted by Crippen LogP contribution is 2.25. The van der Waals surface area contributed by atoms with Crippen LogP contribution in [-0.2, 0) is 9.59 Å². The fraction of sp³-hybridized carbons (Fsp3) is 0.846. The maximum atomic E-state index is 11.4. The van der Waals surface area contributed by atoms with Crippen LogP contribution in [0.5, 0.6) is 0 Å². The molecule has 4 heteroatoms. The minimum atomic E-state index is -0.465. The first-order valence-electron chi connectivity index (χ1n) is 6.84. The summed E-state index contributed by atoms with van der Waals surface area (Å²) in [7, 11) is 0. The van der Waals surface area contributed by atoms with Crippen molar-refractivity contribution in [2.75, 3.05) is 6.54 Å². The quantitative estimate of drug-likeness (QED) is 0.726. The SMILES string of the molecule is O=C(NCCC1CCCCC1)C(=O)NC1CC1. The van der Waals surface area contributed by atoms with E-state index in [0.717, 1.165) is 25.2 Å². The van der Waals surface area contributed by atoms with Gasteiger partial charge in [-0.05, 0) is 25.2 Å². The van der Waals surface area contributed by atoms with Crippen molar-refractivity contribution in [2.45, 2.75) is 57.4 Å². The van der Waals surface area contributed by atoms with E-state index >= 15 is 0 Å². The minimum absolute atomic E-state index is 0.256. The third kappa shape index (κ3) is 4.36. The lowest BCUT2D eigenvalue weighted by atomic mass is 9.87. The van der Waals surface area contributed by atoms with Gasteiger partial charge in [0.2, 0.25) is 0 Å². The van der Waals surface area contributed by atoms with Gasteiger partial charge < -0.3 is 10.6 Å². The third-order valence-electron chi connectivity index (χ3n) is 3.68. The Balaban J connectivity index is 1.56. The number of hydrogen-bond acceptors (Lipinski definition) is 2. The largest absolute Gasteiger partial charge is 0.348 e. The molecule has 0 unspecified atom stereocenters. The van der Waals surface area contributed by atoms with Gasteiger partial charge in [0.25, 0.3) is 0 Å². The normalized spacial score (nSPS) is 20.9. The molecule has 0 aromatic rings. The van der Waals surface area contributed by atoms with Crippen molar-refractivity contribution in [1.29, 1.82) is 0 Å². The van der Waals surface area contributed by atoms with E-state index in [2.05, 4.69) is 10.6 Å². The van der Waals surface area contributed by atoms with Crippen LogP contribution in [0.3, 0.4) is 0 Å². The van der Waals surface area contributed by atoms with Gasteiger partial charge in [0, 0.05) is 12.6 Å². The molecule has 0 bridgehead atoms. The summed E-state index contributed by atoms with van der Waals surface area (Å²) in [5.74, 6) is -0.181. The Morgan fingerprint density at radius 3 is 2.29 bits per heavy atom. The van der Waals surface area contributed by atoms with Gasteiger partial charge in [-0.15, -0.1) is 0 Å². The molecule has 2 fully saturated rings. The predicted molar refractivity (Wildman–Crippen MR) is 65.4 cm³/mol. The van der Waals surface area contributed by atoms with Crippen LogP contribution in [0.25, 0.3) is 0 Å². The Morgan fingerprint density at radius 2 is 1.65 bits per heavy atom. The second-order valence-corrected chi connectivity index (χ2v) is 5.30. The zero-order valence-electron chi connectivity index (χ0n) is 10.3. The highest BCUT2D eigenvalue weighted by atomic mass is 16.2. The van der Waals surface area contributed by atoms with Crippen LogP contribution in [0.1, 0.15) is 51.4 Å². The first kappa shape index (κ1) is 12.4. The van der Waals surface area contributed by atoms with E-state index in [1.54, 1.807) is 0 Å². The van der Waals surface area contributed by atoms with E-state index < -0.39 is 11.8 Å². The number of nitrogens with one attached hydrogen (secondary N) is 2. The van der Waals surface area contributed by atoms with Crippen molar-refractivity contribution in [1.82, 2.24) is 10.6 Å². The average Bonchev–Trinajstić information content (AvgIpc) is 3.14. The molecule has 2 aliphatic rings. The molecule has 0 aromatic heterocycles. The first-order chi connectivity index (χ1) is 8.25. The number of carbonyl (C=O) groups excluding carboxylic acids is 2. The van der Waals surface area contributed by atoms with Crippen molar-refractivity contribution < 1.29 is 9.59 Å². The number of hydrogen-bond donors (Lipinski definition) is 2. The molecule has 2 aliphatic carbocycles. The van der Waals surface area contributed by atoms with Crippen LogP contribution in [-0.4, -0.2) is 24.4 Å². The number of carbonyl (C=O) groups is 2. The van der Waals surface area contributed by atoms with Gasteiger partial charge in [-0.2, -0.15) is 0 Å². The average molecular weight is 238 g/mol. The molecule has 17 heavy (non-hydrogen) atoms. The molecule has 2 N–H and O–H groups in total. The Labute approximate surface area is 103 Å². The Hall–Kier alpha value is -1.06. The standard InChI is InChI=1S/C13H22N2O2/c16-12(13(17)15-11-6-7-11)14-9-8-10-4-2-1-3-5-10/h10-11H,1-9H2,(H,14,16)(H,15,17). The smallest absolute Gasteiger partial charge is 0.309 e. The lowest BCUT2D eigenvalue weighted by molar-refractivity contribution is -0.139. The topological polar surface area (TPSA) is 58.2 Å². The lowest BCUT2D eigenvalue weighted by Gasteiger charge is -2.21. The van der Waals surface area contributed by atoms with Crippen molar-refractivity contribution in [3.8, 4) is 0 Å². The predicted octanol–water partition coefficient (Wildman–Crippen LogP) is 1.35. The Kier molecular flexibility index (Phi) is 4.40. The van der Waals surface area contributed by atoms with Crippen LogP contribution in [0.15, 0.2) is 0 Å². The molecule has 0 saturated heterocycles. The molecular formula is C13H22N2O2. The molecular weight excluding hydrogens is 216 g/mol. The molecule has 0 aliphatic heterocycles. The van der Waals surface area contributed by atoms with Crippen molar-refractivity contribution in [2.24, 2.45) is 5.92 Å². The summed E-state index contributed by atoms with van der Waals surface area (Å²) < 4.78 is 0. The van der Waals surface area contributed by atoms with Crippen LogP contribution < -0.4 is 10.6 Å². The fourth-order valence-corrected chi connectivity index (χ4v) is 2.42. The summed E-state index contributed by atoms with van der Waals surface area (Å²) in [6.45, 7) is 0.640. The van der Waals surface area contributed by atoms with Crippen molar-refractivity contribution in [3.05, 3.63) is 0 Å². The second-order valence-electron chi connectivity index (χ2n) is 5.30. The molecule has 4 nitrogen and oxygen atoms in total. The Bertz CT molecular complexity index is 281. The third-order valence-corrected chi connectivity index (χ3v) is 3.68. The minimum Gasteiger partial charge on any atom is -0.348 e. The molecule has 2 amide bonds. The van der Waals surface area contributed by atoms with Crippen molar-refractivity contribution >= 4 is 11.8 Å². The molecule has 0 spiro atoms. The first-order valence-corrected chi connectivity index (χ1v) is 6.84. The summed E-state index contributed by atoms with van der Waals surface area (Å²) in [4.78, 5) is 22.8. The van der Waals surface area contributed by atoms with Gasteiger partial charge in [-0.3, -0.25) is 9.59 Å². The van der Waals surface area contributed by atoms with E-state index in [0.29, 0.717) is 6.54 Å². The van der Waals surface area contributed by atoms with Crippen molar-refractivity contribution in [3.63, 3.8) is 0 Å². The van der Waals surface area contributed by atoms with Crippen LogP contribution in [0, 0.1) is 5.92 Å². The Morgan fingerprint density at radius 1 is 0.941 bits per heavy atom. The summed E-state index contributed by atoms with van der Waals surface area (Å²) in [6.07, 6.45) is 9.60. The van der Waals surface area contributed by atoms with Crippen LogP contribution >= 0.6 is 0 Å². The van der Waals surface area contributed by atoms with Gasteiger partial charge in [0.1, 0.15) is 0 Å². The molecule has 96 valence electrons. The molecule has 2 rings (SSSR count). The molecule has 2 saturated carbocycles. The van der Waals surface area contributed by atoms with E-state index in [9.17, 15) is 9.59 Å². The monoisotopic (exact) mass is 238 g/mol. The molecule has 0 aromatic carbocycles. The number of rotatable bonds is 4. The van der Waals surface area contributed by atoms with Gasteiger partial charge in [0.05, 0.1) is 0 Å². The zero-order valence-corrected chi connectivity index (χ0v) is 10.3. The van der Waals surface area contributed by atoms with Crippen LogP contribution in [0.4, 0.5) is 0 Å². The highest BCUT2D eigenvalue weighted by molar-refractivity contribution is 6.35. The summed E-state index contributed by atoms with van der Waals surface area (Å²) in [6, 6.07) is 0.256. The van der Waals surface area contributed by atoms with Crippen LogP contribution in [0.2, 0.25) is 0 Å². The van der Waals surface area contributed by atoms with Gasteiger partial charge in [-0.25, -0.2) is 0 Å². The fourth-order valence-electron chi connectivity index (χ4n) is 2.42. The van der Waals surface area contributed by atoms with Gasteiger partial charge in [0.15, 0.2) is 0 Å². The summed E-state index contributed by atoms with van der Waals surface area (Å²) in [5, 5.41) is 5.40. The van der Waals surface area contributed by atoms with Gasteiger partial charge in [-0.1, -0.05) is 32.1 Å². The summed E-state index contributed by atoms with van der Waals surface area (Å²) >= 11 is 0. The molecule has 0 atom stereocenters. The molecule has 0 radical (unpaired) electrons. The van der Waals surface area contributed by atoms with E-state index in [4.69, 9.17) is 0 Å². The zero-order chi connectivity index (χ0) is 12.1. The van der Waals surface area contributed by atoms with Gasteiger partial charge >= 0.3 is 11.8 Å². The highest BCUT2D eigenvalue weighted by Gasteiger charge is 2.26. The maximum absolute atomic E-state index is 11.4. The van der Waals surface area contributed by atoms with E-state index in [1.807, 2.05) is 0 Å². The number of amides is 2. The second kappa shape index (κ2) is 6.03. The summed E-state index contributed by atoms with van der Waals surface area (Å²) in [5.41, 5.74) is 0. The van der Waals surface area contributed by atoms with E-state index in [-0.39, 0.29) is 6.04 Å². The van der Waals surface area contributed by atoms with E-state index in [1.165, 1.54) is 32.1 Å².